The Morgan fingerprint density at radius 3 is 2.36 bits per heavy atom. The minimum absolute atomic E-state index is 0.237. The molecule has 126 valence electrons. The van der Waals surface area contributed by atoms with E-state index in [1.807, 2.05) is 25.1 Å². The van der Waals surface area contributed by atoms with Gasteiger partial charge in [-0.2, -0.15) is 10.4 Å². The van der Waals surface area contributed by atoms with Gasteiger partial charge in [0.05, 0.1) is 16.3 Å². The highest BCUT2D eigenvalue weighted by atomic mass is 35.5. The Hall–Kier alpha value is -2.62. The van der Waals surface area contributed by atoms with Gasteiger partial charge in [0, 0.05) is 22.9 Å². The Bertz CT molecular complexity index is 1090. The topological polar surface area (TPSA) is 75.8 Å². The van der Waals surface area contributed by atoms with Crippen molar-refractivity contribution >= 4 is 21.4 Å². The normalized spacial score (nSPS) is 11.3. The molecule has 0 bridgehead atoms. The van der Waals surface area contributed by atoms with Crippen molar-refractivity contribution in [1.82, 2.24) is 9.78 Å². The van der Waals surface area contributed by atoms with Gasteiger partial charge in [-0.05, 0) is 36.8 Å². The Labute approximate surface area is 151 Å². The summed E-state index contributed by atoms with van der Waals surface area (Å²) in [6.45, 7) is 1.90. The number of hydrogen-bond acceptors (Lipinski definition) is 4. The van der Waals surface area contributed by atoms with Crippen LogP contribution in [0.1, 0.15) is 11.3 Å². The number of hydrogen-bond donors (Lipinski definition) is 0. The van der Waals surface area contributed by atoms with Crippen LogP contribution < -0.4 is 0 Å². The van der Waals surface area contributed by atoms with Gasteiger partial charge in [0.1, 0.15) is 6.07 Å². The lowest BCUT2D eigenvalue weighted by Crippen LogP contribution is -2.00. The average molecular weight is 372 g/mol. The zero-order valence-electron chi connectivity index (χ0n) is 13.6. The third-order valence-corrected chi connectivity index (χ3v) is 5.34. The van der Waals surface area contributed by atoms with Crippen LogP contribution in [-0.2, 0) is 9.84 Å². The molecule has 0 radical (unpaired) electrons. The molecule has 0 amide bonds. The zero-order valence-corrected chi connectivity index (χ0v) is 15.1. The molecule has 3 rings (SSSR count). The fourth-order valence-electron chi connectivity index (χ4n) is 2.42. The molecule has 25 heavy (non-hydrogen) atoms. The first-order valence-electron chi connectivity index (χ1n) is 7.37. The number of sulfone groups is 1. The summed E-state index contributed by atoms with van der Waals surface area (Å²) >= 11 is 6.20. The molecule has 1 heterocycles. The number of aromatic nitrogens is 2. The van der Waals surface area contributed by atoms with Crippen LogP contribution in [0.25, 0.3) is 16.9 Å². The van der Waals surface area contributed by atoms with Gasteiger partial charge in [0.25, 0.3) is 0 Å². The predicted molar refractivity (Wildman–Crippen MR) is 96.6 cm³/mol. The number of nitrogens with zero attached hydrogens (tertiary/aromatic N) is 3. The van der Waals surface area contributed by atoms with Crippen LogP contribution in [0.5, 0.6) is 0 Å². The van der Waals surface area contributed by atoms with E-state index < -0.39 is 9.84 Å². The van der Waals surface area contributed by atoms with Gasteiger partial charge in [-0.25, -0.2) is 13.1 Å². The maximum Gasteiger partial charge on any atom is 0.175 e. The summed E-state index contributed by atoms with van der Waals surface area (Å²) in [4.78, 5) is 0.237. The van der Waals surface area contributed by atoms with Gasteiger partial charge in [-0.3, -0.25) is 0 Å². The van der Waals surface area contributed by atoms with E-state index in [4.69, 9.17) is 11.6 Å². The maximum absolute atomic E-state index is 11.6. The molecule has 0 saturated carbocycles. The van der Waals surface area contributed by atoms with Gasteiger partial charge in [0.15, 0.2) is 15.5 Å². The predicted octanol–water partition coefficient (Wildman–Crippen LogP) is 3.78. The molecule has 3 aromatic rings. The van der Waals surface area contributed by atoms with Crippen molar-refractivity contribution in [2.24, 2.45) is 0 Å². The molecule has 1 aromatic heterocycles. The van der Waals surface area contributed by atoms with Gasteiger partial charge in [0.2, 0.25) is 0 Å². The number of benzene rings is 2. The molecule has 0 aliphatic rings. The van der Waals surface area contributed by atoms with Crippen LogP contribution in [0.15, 0.2) is 53.4 Å². The number of aryl methyl sites for hydroxylation is 1. The first kappa shape index (κ1) is 17.2. The van der Waals surface area contributed by atoms with Crippen molar-refractivity contribution in [3.8, 4) is 23.0 Å². The van der Waals surface area contributed by atoms with Gasteiger partial charge < -0.3 is 0 Å². The highest BCUT2D eigenvalue weighted by molar-refractivity contribution is 7.90. The largest absolute Gasteiger partial charge is 0.232 e. The van der Waals surface area contributed by atoms with E-state index in [1.54, 1.807) is 28.9 Å². The lowest BCUT2D eigenvalue weighted by molar-refractivity contribution is 0.602. The summed E-state index contributed by atoms with van der Waals surface area (Å²) in [7, 11) is -3.27. The molecule has 0 N–H and O–H groups in total. The van der Waals surface area contributed by atoms with E-state index in [2.05, 4.69) is 5.10 Å². The fraction of sp³-hybridized carbons (Fsp3) is 0.111. The summed E-state index contributed by atoms with van der Waals surface area (Å²) < 4.78 is 24.9. The highest BCUT2D eigenvalue weighted by Gasteiger charge is 2.14. The minimum Gasteiger partial charge on any atom is -0.232 e. The lowest BCUT2D eigenvalue weighted by Gasteiger charge is -2.09. The van der Waals surface area contributed by atoms with Crippen LogP contribution in [0.3, 0.4) is 0 Å². The lowest BCUT2D eigenvalue weighted by atomic mass is 10.1. The van der Waals surface area contributed by atoms with Crippen molar-refractivity contribution < 1.29 is 8.42 Å². The van der Waals surface area contributed by atoms with Gasteiger partial charge in [-0.1, -0.05) is 29.8 Å². The van der Waals surface area contributed by atoms with Crippen molar-refractivity contribution in [1.29, 1.82) is 5.26 Å². The van der Waals surface area contributed by atoms with Crippen molar-refractivity contribution in [2.45, 2.75) is 11.8 Å². The Kier molecular flexibility index (Phi) is 4.38. The highest BCUT2D eigenvalue weighted by Crippen LogP contribution is 2.27. The Morgan fingerprint density at radius 2 is 1.80 bits per heavy atom. The molecule has 0 atom stereocenters. The third-order valence-electron chi connectivity index (χ3n) is 3.80. The number of halogens is 1. The molecule has 5 nitrogen and oxygen atoms in total. The first-order chi connectivity index (χ1) is 11.8. The van der Waals surface area contributed by atoms with E-state index >= 15 is 0 Å². The maximum atomic E-state index is 11.6. The first-order valence-corrected chi connectivity index (χ1v) is 9.64. The van der Waals surface area contributed by atoms with Gasteiger partial charge >= 0.3 is 0 Å². The molecule has 0 aliphatic carbocycles. The van der Waals surface area contributed by atoms with Crippen LogP contribution in [-0.4, -0.2) is 24.5 Å². The van der Waals surface area contributed by atoms with Gasteiger partial charge in [-0.15, -0.1) is 0 Å². The standard InChI is InChI=1S/C18H14ClN3O2S/c1-12-3-6-15(10-17(12)19)22-18(9-14(11-20)21-22)13-4-7-16(8-5-13)25(2,23)24/h3-10H,1-2H3. The molecule has 0 unspecified atom stereocenters. The van der Waals surface area contributed by atoms with Crippen LogP contribution in [0, 0.1) is 18.3 Å². The van der Waals surface area contributed by atoms with Crippen LogP contribution in [0.4, 0.5) is 0 Å². The van der Waals surface area contributed by atoms with Crippen molar-refractivity contribution in [2.75, 3.05) is 6.26 Å². The second-order valence-corrected chi connectivity index (χ2v) is 8.09. The summed E-state index contributed by atoms with van der Waals surface area (Å²) in [5.74, 6) is 0. The number of nitriles is 1. The van der Waals surface area contributed by atoms with Crippen molar-refractivity contribution in [3.05, 3.63) is 64.8 Å². The second kappa shape index (κ2) is 6.36. The summed E-state index contributed by atoms with van der Waals surface area (Å²) in [5.41, 5.74) is 3.35. The molecular formula is C18H14ClN3O2S. The molecule has 7 heteroatoms. The quantitative estimate of drug-likeness (QED) is 0.702. The number of rotatable bonds is 3. The third kappa shape index (κ3) is 3.43. The summed E-state index contributed by atoms with van der Waals surface area (Å²) in [6, 6.07) is 15.7. The smallest absolute Gasteiger partial charge is 0.175 e. The molecule has 0 spiro atoms. The monoisotopic (exact) mass is 371 g/mol. The summed E-state index contributed by atoms with van der Waals surface area (Å²) in [5, 5.41) is 14.1. The molecule has 0 saturated heterocycles. The van der Waals surface area contributed by atoms with E-state index in [9.17, 15) is 13.7 Å². The van der Waals surface area contributed by atoms with Crippen molar-refractivity contribution in [3.63, 3.8) is 0 Å². The van der Waals surface area contributed by atoms with Crippen LogP contribution in [0.2, 0.25) is 5.02 Å². The minimum atomic E-state index is -3.27. The van der Waals surface area contributed by atoms with E-state index in [-0.39, 0.29) is 10.6 Å². The second-order valence-electron chi connectivity index (χ2n) is 5.67. The molecular weight excluding hydrogens is 358 g/mol. The Balaban J connectivity index is 2.15. The van der Waals surface area contributed by atoms with E-state index in [1.165, 1.54) is 12.1 Å². The fourth-order valence-corrected chi connectivity index (χ4v) is 3.23. The average Bonchev–Trinajstić information content (AvgIpc) is 3.01. The van der Waals surface area contributed by atoms with Crippen LogP contribution >= 0.6 is 11.6 Å². The molecule has 0 aliphatic heterocycles. The molecule has 0 fully saturated rings. The van der Waals surface area contributed by atoms with E-state index in [0.717, 1.165) is 23.1 Å². The molecule has 2 aromatic carbocycles. The SMILES string of the molecule is Cc1ccc(-n2nc(C#N)cc2-c2ccc(S(C)(=O)=O)cc2)cc1Cl. The summed E-state index contributed by atoms with van der Waals surface area (Å²) in [6.07, 6.45) is 1.16. The zero-order chi connectivity index (χ0) is 18.2. The Morgan fingerprint density at radius 1 is 1.12 bits per heavy atom. The van der Waals surface area contributed by atoms with E-state index in [0.29, 0.717) is 10.7 Å².